The maximum atomic E-state index is 10.2. The van der Waals surface area contributed by atoms with Crippen molar-refractivity contribution in [2.75, 3.05) is 18.5 Å². The number of nitrogens with two attached hydrogens (primary N) is 1. The zero-order valence-electron chi connectivity index (χ0n) is 14.3. The molecule has 0 spiro atoms. The Balaban J connectivity index is 2.17. The lowest BCUT2D eigenvalue weighted by Gasteiger charge is -2.23. The quantitative estimate of drug-likeness (QED) is 0.726. The Morgan fingerprint density at radius 2 is 1.96 bits per heavy atom. The summed E-state index contributed by atoms with van der Waals surface area (Å²) in [6.07, 6.45) is 0.884. The molecule has 0 fully saturated rings. The van der Waals surface area contributed by atoms with Gasteiger partial charge in [0.1, 0.15) is 11.6 Å². The van der Waals surface area contributed by atoms with Crippen molar-refractivity contribution in [2.24, 2.45) is 5.73 Å². The van der Waals surface area contributed by atoms with Crippen LogP contribution in [0.2, 0.25) is 5.02 Å². The fourth-order valence-electron chi connectivity index (χ4n) is 2.73. The van der Waals surface area contributed by atoms with Crippen LogP contribution in [0.5, 0.6) is 5.75 Å². The molecule has 0 aliphatic carbocycles. The van der Waals surface area contributed by atoms with E-state index in [1.54, 1.807) is 18.2 Å². The molecule has 25 heavy (non-hydrogen) atoms. The van der Waals surface area contributed by atoms with Crippen LogP contribution < -0.4 is 10.6 Å². The number of nitrogens with zero attached hydrogens (tertiary/aromatic N) is 3. The van der Waals surface area contributed by atoms with Crippen LogP contribution in [0.3, 0.4) is 0 Å². The molecule has 3 N–H and O–H groups in total. The molecule has 5 nitrogen and oxygen atoms in total. The van der Waals surface area contributed by atoms with Crippen molar-refractivity contribution in [3.63, 3.8) is 0 Å². The van der Waals surface area contributed by atoms with Crippen LogP contribution in [0.1, 0.15) is 13.3 Å². The number of rotatable bonds is 5. The minimum Gasteiger partial charge on any atom is -0.507 e. The number of fused-ring (bicyclic) bond motifs is 1. The second-order valence-electron chi connectivity index (χ2n) is 6.10. The van der Waals surface area contributed by atoms with Gasteiger partial charge in [-0.25, -0.2) is 9.97 Å². The number of aromatic nitrogens is 2. The number of para-hydroxylation sites is 1. The fraction of sp³-hybridized carbons (Fsp3) is 0.263. The van der Waals surface area contributed by atoms with E-state index in [-0.39, 0.29) is 11.8 Å². The van der Waals surface area contributed by atoms with Crippen LogP contribution in [0, 0.1) is 0 Å². The first kappa shape index (κ1) is 17.5. The first-order chi connectivity index (χ1) is 12.0. The molecule has 1 heterocycles. The molecule has 0 radical (unpaired) electrons. The van der Waals surface area contributed by atoms with Crippen molar-refractivity contribution in [1.82, 2.24) is 9.97 Å². The Morgan fingerprint density at radius 3 is 2.72 bits per heavy atom. The van der Waals surface area contributed by atoms with Crippen molar-refractivity contribution < 1.29 is 5.11 Å². The van der Waals surface area contributed by atoms with E-state index >= 15 is 0 Å². The maximum absolute atomic E-state index is 10.2. The third-order valence-corrected chi connectivity index (χ3v) is 4.41. The fourth-order valence-corrected chi connectivity index (χ4v) is 2.90. The molecular formula is C19H21ClN4O. The molecule has 0 saturated carbocycles. The molecule has 0 aliphatic heterocycles. The summed E-state index contributed by atoms with van der Waals surface area (Å²) in [7, 11) is 1.96. The van der Waals surface area contributed by atoms with Gasteiger partial charge in [-0.1, -0.05) is 30.7 Å². The van der Waals surface area contributed by atoms with Crippen molar-refractivity contribution in [3.8, 4) is 17.1 Å². The summed E-state index contributed by atoms with van der Waals surface area (Å²) in [6, 6.07) is 12.7. The second kappa shape index (κ2) is 7.25. The number of anilines is 1. The summed E-state index contributed by atoms with van der Waals surface area (Å²) >= 11 is 6.08. The largest absolute Gasteiger partial charge is 0.507 e. The van der Waals surface area contributed by atoms with E-state index in [9.17, 15) is 5.11 Å². The van der Waals surface area contributed by atoms with Gasteiger partial charge < -0.3 is 15.7 Å². The first-order valence-electron chi connectivity index (χ1n) is 8.22. The van der Waals surface area contributed by atoms with Crippen molar-refractivity contribution in [3.05, 3.63) is 47.5 Å². The number of halogens is 1. The zero-order valence-corrected chi connectivity index (χ0v) is 15.0. The van der Waals surface area contributed by atoms with Crippen LogP contribution in [0.4, 0.5) is 5.82 Å². The smallest absolute Gasteiger partial charge is 0.165 e. The summed E-state index contributed by atoms with van der Waals surface area (Å²) in [4.78, 5) is 11.3. The molecule has 3 aromatic rings. The highest BCUT2D eigenvalue weighted by Crippen LogP contribution is 2.33. The van der Waals surface area contributed by atoms with E-state index in [4.69, 9.17) is 22.3 Å². The van der Waals surface area contributed by atoms with E-state index in [0.29, 0.717) is 23.0 Å². The summed E-state index contributed by atoms with van der Waals surface area (Å²) in [5.41, 5.74) is 7.42. The standard InChI is InChI=1S/C19H21ClN4O/c1-3-13(21)11-24(2)19-14-6-4-5-7-16(14)22-18(23-19)15-10-12(20)8-9-17(15)25/h4-10,13,25H,3,11,21H2,1-2H3/t13-/m0/s1. The predicted octanol–water partition coefficient (Wildman–Crippen LogP) is 3.83. The van der Waals surface area contributed by atoms with Gasteiger partial charge in [0.2, 0.25) is 0 Å². The molecular weight excluding hydrogens is 336 g/mol. The summed E-state index contributed by atoms with van der Waals surface area (Å²) < 4.78 is 0. The lowest BCUT2D eigenvalue weighted by Crippen LogP contribution is -2.35. The normalized spacial score (nSPS) is 12.3. The minimum absolute atomic E-state index is 0.0572. The van der Waals surface area contributed by atoms with Gasteiger partial charge >= 0.3 is 0 Å². The Morgan fingerprint density at radius 1 is 1.20 bits per heavy atom. The number of phenolic OH excluding ortho intramolecular Hbond substituents is 1. The first-order valence-corrected chi connectivity index (χ1v) is 8.59. The lowest BCUT2D eigenvalue weighted by atomic mass is 10.1. The monoisotopic (exact) mass is 356 g/mol. The van der Waals surface area contributed by atoms with Crippen LogP contribution in [0.15, 0.2) is 42.5 Å². The highest BCUT2D eigenvalue weighted by Gasteiger charge is 2.16. The maximum Gasteiger partial charge on any atom is 0.165 e. The van der Waals surface area contributed by atoms with Gasteiger partial charge in [-0.15, -0.1) is 0 Å². The third-order valence-electron chi connectivity index (χ3n) is 4.18. The van der Waals surface area contributed by atoms with Crippen LogP contribution in [-0.2, 0) is 0 Å². The topological polar surface area (TPSA) is 75.3 Å². The van der Waals surface area contributed by atoms with E-state index in [0.717, 1.165) is 23.1 Å². The highest BCUT2D eigenvalue weighted by molar-refractivity contribution is 6.30. The van der Waals surface area contributed by atoms with Crippen LogP contribution >= 0.6 is 11.6 Å². The molecule has 1 aromatic heterocycles. The molecule has 0 aliphatic rings. The molecule has 130 valence electrons. The number of benzene rings is 2. The average Bonchev–Trinajstić information content (AvgIpc) is 2.62. The van der Waals surface area contributed by atoms with Crippen LogP contribution in [0.25, 0.3) is 22.3 Å². The number of phenols is 1. The Labute approximate surface area is 152 Å². The van der Waals surface area contributed by atoms with Gasteiger partial charge in [0.05, 0.1) is 11.1 Å². The van der Waals surface area contributed by atoms with Gasteiger partial charge in [0.15, 0.2) is 5.82 Å². The number of likely N-dealkylation sites (N-methyl/N-ethyl adjacent to an activating group) is 1. The second-order valence-corrected chi connectivity index (χ2v) is 6.53. The zero-order chi connectivity index (χ0) is 18.0. The summed E-state index contributed by atoms with van der Waals surface area (Å²) in [5, 5.41) is 11.7. The molecule has 0 saturated heterocycles. The van der Waals surface area contributed by atoms with E-state index < -0.39 is 0 Å². The van der Waals surface area contributed by atoms with Gasteiger partial charge in [-0.3, -0.25) is 0 Å². The Kier molecular flexibility index (Phi) is 5.06. The van der Waals surface area contributed by atoms with Crippen molar-refractivity contribution in [2.45, 2.75) is 19.4 Å². The highest BCUT2D eigenvalue weighted by atomic mass is 35.5. The third kappa shape index (κ3) is 3.67. The van der Waals surface area contributed by atoms with Crippen molar-refractivity contribution >= 4 is 28.3 Å². The predicted molar refractivity (Wildman–Crippen MR) is 103 cm³/mol. The van der Waals surface area contributed by atoms with Crippen molar-refractivity contribution in [1.29, 1.82) is 0 Å². The molecule has 0 unspecified atom stereocenters. The molecule has 2 aromatic carbocycles. The number of hydrogen-bond acceptors (Lipinski definition) is 5. The minimum atomic E-state index is 0.0572. The lowest BCUT2D eigenvalue weighted by molar-refractivity contribution is 0.477. The van der Waals surface area contributed by atoms with E-state index in [1.807, 2.05) is 36.2 Å². The van der Waals surface area contributed by atoms with Crippen LogP contribution in [-0.4, -0.2) is 34.7 Å². The Hall–Kier alpha value is -2.37. The van der Waals surface area contributed by atoms with Gasteiger partial charge in [0.25, 0.3) is 0 Å². The number of aromatic hydroxyl groups is 1. The van der Waals surface area contributed by atoms with Gasteiger partial charge in [-0.2, -0.15) is 0 Å². The molecule has 0 amide bonds. The van der Waals surface area contributed by atoms with E-state index in [1.165, 1.54) is 0 Å². The van der Waals surface area contributed by atoms with Gasteiger partial charge in [0, 0.05) is 30.0 Å². The number of hydrogen-bond donors (Lipinski definition) is 2. The summed E-state index contributed by atoms with van der Waals surface area (Å²) in [6.45, 7) is 2.74. The average molecular weight is 357 g/mol. The molecule has 0 bridgehead atoms. The van der Waals surface area contributed by atoms with Gasteiger partial charge in [-0.05, 0) is 36.8 Å². The summed E-state index contributed by atoms with van der Waals surface area (Å²) in [5.74, 6) is 1.31. The Bertz CT molecular complexity index is 900. The molecule has 6 heteroatoms. The molecule has 1 atom stereocenters. The molecule has 3 rings (SSSR count). The SMILES string of the molecule is CC[C@H](N)CN(C)c1nc(-c2cc(Cl)ccc2O)nc2ccccc12. The van der Waals surface area contributed by atoms with E-state index in [2.05, 4.69) is 11.9 Å².